The van der Waals surface area contributed by atoms with E-state index < -0.39 is 6.61 Å². The van der Waals surface area contributed by atoms with Gasteiger partial charge in [-0.3, -0.25) is 0 Å². The van der Waals surface area contributed by atoms with Gasteiger partial charge in [0, 0.05) is 10.0 Å². The van der Waals surface area contributed by atoms with E-state index in [4.69, 9.17) is 0 Å². The molecule has 0 saturated carbocycles. The van der Waals surface area contributed by atoms with Gasteiger partial charge in [0.1, 0.15) is 11.4 Å². The number of alkyl halides is 2. The highest BCUT2D eigenvalue weighted by atomic mass is 79.9. The van der Waals surface area contributed by atoms with E-state index in [9.17, 15) is 13.6 Å². The number of carbonyl (C=O) groups excluding carboxylic acids is 1. The zero-order chi connectivity index (χ0) is 10.7. The Labute approximate surface area is 88.8 Å². The summed E-state index contributed by atoms with van der Waals surface area (Å²) < 4.78 is 28.7. The molecular formula is C8H6BBrF2O2. The standard InChI is InChI=1S/C8H6BBrF2O2/c9-7(13)5-2-1-4(10)3-6(5)14-8(11)12/h1-3,8H,9H2. The van der Waals surface area contributed by atoms with Crippen LogP contribution < -0.4 is 4.74 Å². The molecule has 0 aliphatic carbocycles. The van der Waals surface area contributed by atoms with Crippen LogP contribution in [0.4, 0.5) is 8.78 Å². The summed E-state index contributed by atoms with van der Waals surface area (Å²) in [5, 5.41) is 0. The summed E-state index contributed by atoms with van der Waals surface area (Å²) in [6, 6.07) is 4.36. The summed E-state index contributed by atoms with van der Waals surface area (Å²) in [6.45, 7) is -2.93. The van der Waals surface area contributed by atoms with Crippen LogP contribution in [0, 0.1) is 0 Å². The average molecular weight is 263 g/mol. The van der Waals surface area contributed by atoms with Crippen molar-refractivity contribution in [2.75, 3.05) is 0 Å². The molecule has 0 heterocycles. The molecule has 74 valence electrons. The van der Waals surface area contributed by atoms with Gasteiger partial charge in [0.2, 0.25) is 0 Å². The van der Waals surface area contributed by atoms with Crippen LogP contribution in [0.2, 0.25) is 0 Å². The molecular weight excluding hydrogens is 257 g/mol. The first-order chi connectivity index (χ1) is 6.50. The molecule has 0 aliphatic heterocycles. The van der Waals surface area contributed by atoms with Crippen molar-refractivity contribution in [2.24, 2.45) is 0 Å². The van der Waals surface area contributed by atoms with Crippen LogP contribution in [-0.2, 0) is 0 Å². The number of ether oxygens (including phenoxy) is 1. The van der Waals surface area contributed by atoms with Gasteiger partial charge in [0.05, 0.1) is 0 Å². The Hall–Kier alpha value is -0.905. The van der Waals surface area contributed by atoms with Crippen molar-refractivity contribution in [1.82, 2.24) is 0 Å². The molecule has 0 bridgehead atoms. The van der Waals surface area contributed by atoms with Crippen LogP contribution in [-0.4, -0.2) is 20.1 Å². The van der Waals surface area contributed by atoms with Gasteiger partial charge in [-0.1, -0.05) is 15.9 Å². The van der Waals surface area contributed by atoms with Crippen LogP contribution in [0.15, 0.2) is 22.7 Å². The molecule has 6 heteroatoms. The maximum Gasteiger partial charge on any atom is 0.387 e. The average Bonchev–Trinajstić information content (AvgIpc) is 2.01. The fourth-order valence-corrected chi connectivity index (χ4v) is 1.32. The third kappa shape index (κ3) is 2.80. The Kier molecular flexibility index (Phi) is 3.63. The lowest BCUT2D eigenvalue weighted by molar-refractivity contribution is -0.0501. The summed E-state index contributed by atoms with van der Waals surface area (Å²) in [6.07, 6.45) is 0. The summed E-state index contributed by atoms with van der Waals surface area (Å²) in [4.78, 5) is 11.0. The quantitative estimate of drug-likeness (QED) is 0.777. The van der Waals surface area contributed by atoms with Crippen molar-refractivity contribution in [1.29, 1.82) is 0 Å². The molecule has 0 saturated heterocycles. The number of halogens is 3. The molecule has 1 aromatic carbocycles. The maximum absolute atomic E-state index is 11.9. The highest BCUT2D eigenvalue weighted by Crippen LogP contribution is 2.25. The SMILES string of the molecule is BC(=O)c1ccc(Br)cc1OC(F)F. The van der Waals surface area contributed by atoms with Crippen molar-refractivity contribution in [2.45, 2.75) is 6.61 Å². The largest absolute Gasteiger partial charge is 0.434 e. The first-order valence-corrected chi connectivity index (χ1v) is 4.55. The second-order valence-electron chi connectivity index (χ2n) is 2.58. The van der Waals surface area contributed by atoms with E-state index in [0.29, 0.717) is 4.47 Å². The summed E-state index contributed by atoms with van der Waals surface area (Å²) in [7, 11) is 1.29. The highest BCUT2D eigenvalue weighted by molar-refractivity contribution is 9.10. The molecule has 2 nitrogen and oxygen atoms in total. The molecule has 0 aromatic heterocycles. The zero-order valence-electron chi connectivity index (χ0n) is 7.26. The predicted octanol–water partition coefficient (Wildman–Crippen LogP) is 1.82. The predicted molar refractivity (Wildman–Crippen MR) is 53.6 cm³/mol. The second-order valence-corrected chi connectivity index (χ2v) is 3.49. The number of hydrogen-bond donors (Lipinski definition) is 0. The van der Waals surface area contributed by atoms with Gasteiger partial charge in [-0.25, -0.2) is 0 Å². The van der Waals surface area contributed by atoms with Crippen molar-refractivity contribution in [3.63, 3.8) is 0 Å². The van der Waals surface area contributed by atoms with Crippen LogP contribution >= 0.6 is 15.9 Å². The fraction of sp³-hybridized carbons (Fsp3) is 0.125. The van der Waals surface area contributed by atoms with E-state index in [0.717, 1.165) is 0 Å². The Bertz CT molecular complexity index is 357. The van der Waals surface area contributed by atoms with Crippen molar-refractivity contribution >= 4 is 29.5 Å². The Morgan fingerprint density at radius 3 is 2.64 bits per heavy atom. The van der Waals surface area contributed by atoms with Gasteiger partial charge < -0.3 is 9.53 Å². The summed E-state index contributed by atoms with van der Waals surface area (Å²) in [5.41, 5.74) is -0.165. The van der Waals surface area contributed by atoms with Crippen LogP contribution in [0.3, 0.4) is 0 Å². The summed E-state index contributed by atoms with van der Waals surface area (Å²) >= 11 is 3.10. The van der Waals surface area contributed by atoms with E-state index >= 15 is 0 Å². The van der Waals surface area contributed by atoms with Crippen molar-refractivity contribution in [3.8, 4) is 5.75 Å². The Morgan fingerprint density at radius 2 is 2.14 bits per heavy atom. The van der Waals surface area contributed by atoms with Gasteiger partial charge in [0.25, 0.3) is 0 Å². The summed E-state index contributed by atoms with van der Waals surface area (Å²) in [5.74, 6) is -0.109. The monoisotopic (exact) mass is 262 g/mol. The second kappa shape index (κ2) is 4.55. The van der Waals surface area contributed by atoms with Crippen LogP contribution in [0.25, 0.3) is 0 Å². The molecule has 14 heavy (non-hydrogen) atoms. The van der Waals surface area contributed by atoms with Gasteiger partial charge in [-0.05, 0) is 18.2 Å². The van der Waals surface area contributed by atoms with Gasteiger partial charge in [0.15, 0.2) is 7.85 Å². The zero-order valence-corrected chi connectivity index (χ0v) is 8.85. The molecule has 0 amide bonds. The number of rotatable bonds is 3. The topological polar surface area (TPSA) is 26.3 Å². The molecule has 0 N–H and O–H groups in total. The molecule has 0 fully saturated rings. The molecule has 0 radical (unpaired) electrons. The van der Waals surface area contributed by atoms with Crippen molar-refractivity contribution in [3.05, 3.63) is 28.2 Å². The minimum Gasteiger partial charge on any atom is -0.434 e. The van der Waals surface area contributed by atoms with Crippen LogP contribution in [0.5, 0.6) is 5.75 Å². The lowest BCUT2D eigenvalue weighted by Gasteiger charge is -2.08. The van der Waals surface area contributed by atoms with E-state index in [2.05, 4.69) is 20.7 Å². The van der Waals surface area contributed by atoms with Crippen molar-refractivity contribution < 1.29 is 18.3 Å². The number of hydrogen-bond acceptors (Lipinski definition) is 2. The third-order valence-electron chi connectivity index (χ3n) is 1.54. The highest BCUT2D eigenvalue weighted by Gasteiger charge is 2.12. The Morgan fingerprint density at radius 1 is 1.50 bits per heavy atom. The smallest absolute Gasteiger partial charge is 0.387 e. The first-order valence-electron chi connectivity index (χ1n) is 3.76. The van der Waals surface area contributed by atoms with Gasteiger partial charge in [-0.15, -0.1) is 0 Å². The molecule has 1 aromatic rings. The Balaban J connectivity index is 3.09. The van der Waals surface area contributed by atoms with Crippen LogP contribution in [0.1, 0.15) is 10.4 Å². The molecule has 0 unspecified atom stereocenters. The normalized spacial score (nSPS) is 10.3. The lowest BCUT2D eigenvalue weighted by Crippen LogP contribution is -2.07. The minimum atomic E-state index is -2.93. The lowest BCUT2D eigenvalue weighted by atomic mass is 9.94. The molecule has 0 spiro atoms. The number of benzene rings is 1. The first kappa shape index (κ1) is 11.2. The fourth-order valence-electron chi connectivity index (χ4n) is 0.981. The molecule has 1 rings (SSSR count). The van der Waals surface area contributed by atoms with Gasteiger partial charge >= 0.3 is 6.61 Å². The van der Waals surface area contributed by atoms with E-state index in [-0.39, 0.29) is 17.0 Å². The third-order valence-corrected chi connectivity index (χ3v) is 2.03. The number of carbonyl (C=O) groups is 1. The van der Waals surface area contributed by atoms with E-state index in [1.807, 2.05) is 0 Å². The van der Waals surface area contributed by atoms with E-state index in [1.54, 1.807) is 6.07 Å². The molecule has 0 aliphatic rings. The van der Waals surface area contributed by atoms with E-state index in [1.165, 1.54) is 20.0 Å². The molecule has 0 atom stereocenters. The minimum absolute atomic E-state index is 0.109. The van der Waals surface area contributed by atoms with Gasteiger partial charge in [-0.2, -0.15) is 8.78 Å². The maximum atomic E-state index is 11.9.